The number of fused-ring (bicyclic) bond motifs is 1. The molecule has 2 aliphatic heterocycles. The lowest BCUT2D eigenvalue weighted by Gasteiger charge is -2.35. The third kappa shape index (κ3) is 2.19. The summed E-state index contributed by atoms with van der Waals surface area (Å²) in [5.41, 5.74) is 8.76. The van der Waals surface area contributed by atoms with Crippen molar-refractivity contribution in [2.45, 2.75) is 13.0 Å². The van der Waals surface area contributed by atoms with Crippen LogP contribution in [0.2, 0.25) is 0 Å². The number of carbonyl (C=O) groups is 1. The van der Waals surface area contributed by atoms with Crippen molar-refractivity contribution < 1.29 is 4.79 Å². The van der Waals surface area contributed by atoms with Gasteiger partial charge in [-0.3, -0.25) is 4.79 Å². The number of nitrogens with one attached hydrogen (secondary N) is 1. The highest BCUT2D eigenvalue weighted by Gasteiger charge is 2.27. The molecule has 2 heterocycles. The van der Waals surface area contributed by atoms with E-state index >= 15 is 0 Å². The molecule has 5 nitrogen and oxygen atoms in total. The standard InChI is InChI=1S/C14H20N4O/c1-2-17-5-7-18(8-6-17)10-3-4-11-12(9-10)16-14(19)13(11)15/h3-4,9,13H,2,5-8,15H2,1H3,(H,16,19). The van der Waals surface area contributed by atoms with Crippen molar-refractivity contribution in [1.82, 2.24) is 4.90 Å². The van der Waals surface area contributed by atoms with Crippen LogP contribution in [0, 0.1) is 0 Å². The highest BCUT2D eigenvalue weighted by atomic mass is 16.2. The zero-order chi connectivity index (χ0) is 13.4. The van der Waals surface area contributed by atoms with Gasteiger partial charge in [0.1, 0.15) is 6.04 Å². The number of amides is 1. The molecular formula is C14H20N4O. The van der Waals surface area contributed by atoms with Gasteiger partial charge in [-0.05, 0) is 18.7 Å². The number of hydrogen-bond donors (Lipinski definition) is 2. The molecule has 3 N–H and O–H groups in total. The van der Waals surface area contributed by atoms with Crippen LogP contribution in [-0.2, 0) is 4.79 Å². The van der Waals surface area contributed by atoms with E-state index in [4.69, 9.17) is 5.73 Å². The van der Waals surface area contributed by atoms with Gasteiger partial charge in [0, 0.05) is 43.1 Å². The van der Waals surface area contributed by atoms with Crippen LogP contribution in [0.3, 0.4) is 0 Å². The summed E-state index contributed by atoms with van der Waals surface area (Å²) in [6.45, 7) is 7.57. The summed E-state index contributed by atoms with van der Waals surface area (Å²) in [4.78, 5) is 16.4. The normalized spacial score (nSPS) is 23.4. The lowest BCUT2D eigenvalue weighted by atomic mass is 10.1. The third-order valence-electron chi connectivity index (χ3n) is 4.10. The zero-order valence-corrected chi connectivity index (χ0v) is 11.2. The maximum atomic E-state index is 11.5. The first-order valence-electron chi connectivity index (χ1n) is 6.86. The first-order valence-corrected chi connectivity index (χ1v) is 6.86. The number of nitrogens with zero attached hydrogens (tertiary/aromatic N) is 2. The summed E-state index contributed by atoms with van der Waals surface area (Å²) in [6, 6.07) is 5.57. The van der Waals surface area contributed by atoms with Crippen molar-refractivity contribution in [3.63, 3.8) is 0 Å². The summed E-state index contributed by atoms with van der Waals surface area (Å²) in [7, 11) is 0. The number of piperazine rings is 1. The topological polar surface area (TPSA) is 61.6 Å². The van der Waals surface area contributed by atoms with Crippen molar-refractivity contribution in [2.75, 3.05) is 42.9 Å². The Bertz CT molecular complexity index is 494. The van der Waals surface area contributed by atoms with E-state index in [0.717, 1.165) is 44.0 Å². The van der Waals surface area contributed by atoms with Crippen molar-refractivity contribution >= 4 is 17.3 Å². The highest BCUT2D eigenvalue weighted by Crippen LogP contribution is 2.32. The second-order valence-corrected chi connectivity index (χ2v) is 5.16. The molecule has 1 saturated heterocycles. The number of benzene rings is 1. The first-order chi connectivity index (χ1) is 9.19. The van der Waals surface area contributed by atoms with Crippen LogP contribution in [0.4, 0.5) is 11.4 Å². The van der Waals surface area contributed by atoms with Crippen molar-refractivity contribution in [2.24, 2.45) is 5.73 Å². The average molecular weight is 260 g/mol. The molecule has 1 aromatic rings. The Balaban J connectivity index is 1.77. The first kappa shape index (κ1) is 12.4. The number of hydrogen-bond acceptors (Lipinski definition) is 4. The molecule has 1 aromatic carbocycles. The van der Waals surface area contributed by atoms with Gasteiger partial charge in [-0.1, -0.05) is 13.0 Å². The fourth-order valence-corrected chi connectivity index (χ4v) is 2.79. The van der Waals surface area contributed by atoms with E-state index in [1.165, 1.54) is 5.69 Å². The molecule has 1 unspecified atom stereocenters. The molecule has 0 radical (unpaired) electrons. The van der Waals surface area contributed by atoms with Crippen LogP contribution < -0.4 is 16.0 Å². The van der Waals surface area contributed by atoms with Crippen LogP contribution in [0.5, 0.6) is 0 Å². The van der Waals surface area contributed by atoms with E-state index in [9.17, 15) is 4.79 Å². The van der Waals surface area contributed by atoms with E-state index in [2.05, 4.69) is 28.1 Å². The summed E-state index contributed by atoms with van der Waals surface area (Å²) in [5, 5.41) is 2.85. The van der Waals surface area contributed by atoms with Crippen LogP contribution in [0.15, 0.2) is 18.2 Å². The molecule has 0 bridgehead atoms. The largest absolute Gasteiger partial charge is 0.369 e. The molecule has 3 rings (SSSR count). The Labute approximate surface area is 113 Å². The number of rotatable bonds is 2. The van der Waals surface area contributed by atoms with Gasteiger partial charge in [-0.2, -0.15) is 0 Å². The minimum atomic E-state index is -0.513. The van der Waals surface area contributed by atoms with Crippen LogP contribution >= 0.6 is 0 Å². The Morgan fingerprint density at radius 1 is 1.32 bits per heavy atom. The van der Waals surface area contributed by atoms with Gasteiger partial charge in [-0.15, -0.1) is 0 Å². The predicted molar refractivity (Wildman–Crippen MR) is 76.3 cm³/mol. The Morgan fingerprint density at radius 2 is 2.05 bits per heavy atom. The molecule has 0 saturated carbocycles. The Hall–Kier alpha value is -1.59. The molecule has 19 heavy (non-hydrogen) atoms. The van der Waals surface area contributed by atoms with E-state index in [-0.39, 0.29) is 5.91 Å². The second kappa shape index (κ2) is 4.83. The fourth-order valence-electron chi connectivity index (χ4n) is 2.79. The minimum absolute atomic E-state index is 0.108. The minimum Gasteiger partial charge on any atom is -0.369 e. The van der Waals surface area contributed by atoms with Crippen molar-refractivity contribution in [3.05, 3.63) is 23.8 Å². The van der Waals surface area contributed by atoms with E-state index < -0.39 is 6.04 Å². The van der Waals surface area contributed by atoms with Crippen LogP contribution in [-0.4, -0.2) is 43.5 Å². The molecule has 1 atom stereocenters. The molecule has 0 spiro atoms. The van der Waals surface area contributed by atoms with E-state index in [1.54, 1.807) is 0 Å². The third-order valence-corrected chi connectivity index (χ3v) is 4.10. The quantitative estimate of drug-likeness (QED) is 0.825. The molecule has 1 amide bonds. The average Bonchev–Trinajstić information content (AvgIpc) is 2.74. The Morgan fingerprint density at radius 3 is 2.74 bits per heavy atom. The van der Waals surface area contributed by atoms with Gasteiger partial charge in [0.05, 0.1) is 0 Å². The molecule has 1 fully saturated rings. The zero-order valence-electron chi connectivity index (χ0n) is 11.2. The maximum absolute atomic E-state index is 11.5. The van der Waals surface area contributed by atoms with E-state index in [0.29, 0.717) is 0 Å². The fraction of sp³-hybridized carbons (Fsp3) is 0.500. The molecule has 0 aromatic heterocycles. The maximum Gasteiger partial charge on any atom is 0.245 e. The van der Waals surface area contributed by atoms with Gasteiger partial charge in [-0.25, -0.2) is 0 Å². The van der Waals surface area contributed by atoms with Crippen LogP contribution in [0.1, 0.15) is 18.5 Å². The Kier molecular flexibility index (Phi) is 3.16. The lowest BCUT2D eigenvalue weighted by Crippen LogP contribution is -2.46. The monoisotopic (exact) mass is 260 g/mol. The van der Waals surface area contributed by atoms with Gasteiger partial charge >= 0.3 is 0 Å². The lowest BCUT2D eigenvalue weighted by molar-refractivity contribution is -0.116. The predicted octanol–water partition coefficient (Wildman–Crippen LogP) is 0.780. The van der Waals surface area contributed by atoms with Gasteiger partial charge < -0.3 is 20.9 Å². The molecule has 102 valence electrons. The molecule has 2 aliphatic rings. The number of carbonyl (C=O) groups excluding carboxylic acids is 1. The number of likely N-dealkylation sites (N-methyl/N-ethyl adjacent to an activating group) is 1. The summed E-state index contributed by atoms with van der Waals surface area (Å²) in [5.74, 6) is -0.108. The van der Waals surface area contributed by atoms with E-state index in [1.807, 2.05) is 12.1 Å². The second-order valence-electron chi connectivity index (χ2n) is 5.16. The highest BCUT2D eigenvalue weighted by molar-refractivity contribution is 6.02. The summed E-state index contributed by atoms with van der Waals surface area (Å²) >= 11 is 0. The van der Waals surface area contributed by atoms with Crippen molar-refractivity contribution in [3.8, 4) is 0 Å². The molecular weight excluding hydrogens is 240 g/mol. The number of nitrogens with two attached hydrogens (primary N) is 1. The molecule has 0 aliphatic carbocycles. The smallest absolute Gasteiger partial charge is 0.245 e. The van der Waals surface area contributed by atoms with Crippen molar-refractivity contribution in [1.29, 1.82) is 0 Å². The van der Waals surface area contributed by atoms with Gasteiger partial charge in [0.15, 0.2) is 0 Å². The van der Waals surface area contributed by atoms with Crippen LogP contribution in [0.25, 0.3) is 0 Å². The SMILES string of the molecule is CCN1CCN(c2ccc3c(c2)NC(=O)C3N)CC1. The van der Waals surface area contributed by atoms with Gasteiger partial charge in [0.25, 0.3) is 0 Å². The molecule has 5 heteroatoms. The van der Waals surface area contributed by atoms with Gasteiger partial charge in [0.2, 0.25) is 5.91 Å². The number of anilines is 2. The summed E-state index contributed by atoms with van der Waals surface area (Å²) < 4.78 is 0. The summed E-state index contributed by atoms with van der Waals surface area (Å²) in [6.07, 6.45) is 0.